The van der Waals surface area contributed by atoms with Crippen LogP contribution in [0.5, 0.6) is 5.75 Å². The Kier molecular flexibility index (Phi) is 5.47. The molecule has 1 aromatic carbocycles. The zero-order valence-electron chi connectivity index (χ0n) is 15.9. The van der Waals surface area contributed by atoms with Crippen LogP contribution in [0, 0.1) is 12.3 Å². The second-order valence-corrected chi connectivity index (χ2v) is 7.69. The first-order valence-electron chi connectivity index (χ1n) is 9.95. The Morgan fingerprint density at radius 1 is 1.21 bits per heavy atom. The molecule has 4 rings (SSSR count). The van der Waals surface area contributed by atoms with Crippen LogP contribution in [0.15, 0.2) is 24.3 Å². The van der Waals surface area contributed by atoms with Gasteiger partial charge in [-0.05, 0) is 68.0 Å². The Balaban J connectivity index is 1.57. The van der Waals surface area contributed by atoms with Crippen LogP contribution in [0.2, 0.25) is 0 Å². The van der Waals surface area contributed by atoms with Gasteiger partial charge in [0.15, 0.2) is 0 Å². The molecule has 1 aliphatic carbocycles. The van der Waals surface area contributed by atoms with Crippen LogP contribution in [-0.2, 0) is 0 Å². The quantitative estimate of drug-likeness (QED) is 0.671. The van der Waals surface area contributed by atoms with Gasteiger partial charge in [-0.25, -0.2) is 0 Å². The van der Waals surface area contributed by atoms with Crippen LogP contribution in [0.3, 0.4) is 0 Å². The van der Waals surface area contributed by atoms with E-state index >= 15 is 0 Å². The lowest BCUT2D eigenvalue weighted by atomic mass is 10.0. The van der Waals surface area contributed by atoms with Crippen molar-refractivity contribution in [3.05, 3.63) is 35.4 Å². The van der Waals surface area contributed by atoms with E-state index in [2.05, 4.69) is 32.4 Å². The van der Waals surface area contributed by atoms with Gasteiger partial charge in [0, 0.05) is 30.3 Å². The van der Waals surface area contributed by atoms with E-state index in [0.29, 0.717) is 29.6 Å². The minimum Gasteiger partial charge on any atom is -0.507 e. The number of aromatic nitrogens is 2. The fraction of sp³-hybridized carbons (Fsp3) is 0.455. The summed E-state index contributed by atoms with van der Waals surface area (Å²) < 4.78 is 0. The first-order valence-corrected chi connectivity index (χ1v) is 9.95. The molecule has 0 bridgehead atoms. The highest BCUT2D eigenvalue weighted by Crippen LogP contribution is 2.45. The summed E-state index contributed by atoms with van der Waals surface area (Å²) in [5.41, 5.74) is 3.18. The number of anilines is 1. The van der Waals surface area contributed by atoms with E-state index in [-0.39, 0.29) is 12.4 Å². The van der Waals surface area contributed by atoms with Gasteiger partial charge in [-0.15, -0.1) is 16.6 Å². The smallest absolute Gasteiger partial charge is 0.149 e. The largest absolute Gasteiger partial charge is 0.507 e. The summed E-state index contributed by atoms with van der Waals surface area (Å²) in [4.78, 5) is 2.27. The van der Waals surface area contributed by atoms with Crippen LogP contribution in [0.1, 0.15) is 42.7 Å². The van der Waals surface area contributed by atoms with Crippen molar-refractivity contribution in [3.63, 3.8) is 0 Å². The van der Waals surface area contributed by atoms with Crippen LogP contribution >= 0.6 is 0 Å². The van der Waals surface area contributed by atoms with Gasteiger partial charge in [-0.3, -0.25) is 4.90 Å². The number of piperidine rings is 1. The Bertz CT molecular complexity index is 887. The lowest BCUT2D eigenvalue weighted by Gasteiger charge is -2.32. The zero-order valence-corrected chi connectivity index (χ0v) is 15.9. The van der Waals surface area contributed by atoms with E-state index in [1.165, 1.54) is 0 Å². The first-order chi connectivity index (χ1) is 13.7. The molecule has 2 fully saturated rings. The van der Waals surface area contributed by atoms with E-state index in [0.717, 1.165) is 55.8 Å². The van der Waals surface area contributed by atoms with Crippen LogP contribution in [0.4, 0.5) is 5.82 Å². The number of nitrogens with one attached hydrogen (secondary N) is 1. The average Bonchev–Trinajstić information content (AvgIpc) is 3.54. The first kappa shape index (κ1) is 18.7. The van der Waals surface area contributed by atoms with E-state index in [1.807, 2.05) is 12.1 Å². The predicted octanol–water partition coefficient (Wildman–Crippen LogP) is 2.58. The molecule has 1 aromatic heterocycles. The van der Waals surface area contributed by atoms with Crippen molar-refractivity contribution in [1.82, 2.24) is 15.1 Å². The number of likely N-dealkylation sites (tertiary alicyclic amines) is 1. The maximum Gasteiger partial charge on any atom is 0.149 e. The van der Waals surface area contributed by atoms with Crippen molar-refractivity contribution >= 4 is 5.82 Å². The minimum absolute atomic E-state index is 0.138. The van der Waals surface area contributed by atoms with Crippen molar-refractivity contribution in [2.45, 2.75) is 37.6 Å². The molecule has 6 heteroatoms. The van der Waals surface area contributed by atoms with Crippen molar-refractivity contribution < 1.29 is 10.2 Å². The minimum atomic E-state index is 0.138. The summed E-state index contributed by atoms with van der Waals surface area (Å²) in [7, 11) is 0. The van der Waals surface area contributed by atoms with Crippen molar-refractivity contribution in [2.75, 3.05) is 31.6 Å². The van der Waals surface area contributed by atoms with Gasteiger partial charge in [0.2, 0.25) is 0 Å². The molecule has 146 valence electrons. The summed E-state index contributed by atoms with van der Waals surface area (Å²) in [6.45, 7) is 2.83. The number of aliphatic hydroxyl groups is 1. The molecule has 0 radical (unpaired) electrons. The fourth-order valence-corrected chi connectivity index (χ4v) is 3.94. The van der Waals surface area contributed by atoms with Crippen molar-refractivity contribution in [2.24, 2.45) is 0 Å². The van der Waals surface area contributed by atoms with Crippen molar-refractivity contribution in [3.8, 4) is 29.4 Å². The zero-order chi connectivity index (χ0) is 19.5. The van der Waals surface area contributed by atoms with Crippen LogP contribution < -0.4 is 5.32 Å². The Labute approximate surface area is 165 Å². The van der Waals surface area contributed by atoms with Gasteiger partial charge >= 0.3 is 0 Å². The number of hydrogen-bond acceptors (Lipinski definition) is 6. The monoisotopic (exact) mass is 378 g/mol. The van der Waals surface area contributed by atoms with Gasteiger partial charge in [-0.2, -0.15) is 0 Å². The SMILES string of the molecule is C#Cc1ccc(-c2nnc(N[C@@H]3CCCN(CCO)C3)cc2C2CC2)c(O)c1. The number of terminal acetylenes is 1. The third-order valence-corrected chi connectivity index (χ3v) is 5.53. The second kappa shape index (κ2) is 8.17. The molecular weight excluding hydrogens is 352 g/mol. The number of hydrogen-bond donors (Lipinski definition) is 3. The van der Waals surface area contributed by atoms with Crippen molar-refractivity contribution in [1.29, 1.82) is 0 Å². The molecule has 2 heterocycles. The molecule has 0 unspecified atom stereocenters. The van der Waals surface area contributed by atoms with E-state index in [9.17, 15) is 10.2 Å². The summed E-state index contributed by atoms with van der Waals surface area (Å²) in [6, 6.07) is 7.62. The fourth-order valence-electron chi connectivity index (χ4n) is 3.94. The Morgan fingerprint density at radius 3 is 2.79 bits per heavy atom. The number of phenols is 1. The standard InChI is InChI=1S/C22H26N4O2/c1-2-15-5-8-18(20(28)12-15)22-19(16-6-7-16)13-21(24-25-22)23-17-4-3-9-26(14-17)10-11-27/h1,5,8,12-13,16-17,27-28H,3-4,6-7,9-11,14H2,(H,23,24)/t17-/m1/s1. The number of benzene rings is 1. The van der Waals surface area contributed by atoms with Gasteiger partial charge in [0.1, 0.15) is 17.3 Å². The van der Waals surface area contributed by atoms with Gasteiger partial charge < -0.3 is 15.5 Å². The summed E-state index contributed by atoms with van der Waals surface area (Å²) in [5, 5.41) is 32.0. The normalized spacial score (nSPS) is 19.9. The predicted molar refractivity (Wildman–Crippen MR) is 109 cm³/mol. The van der Waals surface area contributed by atoms with Gasteiger partial charge in [0.05, 0.1) is 6.61 Å². The molecule has 0 amide bonds. The second-order valence-electron chi connectivity index (χ2n) is 7.69. The lowest BCUT2D eigenvalue weighted by molar-refractivity contribution is 0.166. The third-order valence-electron chi connectivity index (χ3n) is 5.53. The molecule has 3 N–H and O–H groups in total. The number of aliphatic hydroxyl groups excluding tert-OH is 1. The summed E-state index contributed by atoms with van der Waals surface area (Å²) in [6.07, 6.45) is 9.87. The molecule has 2 aliphatic rings. The topological polar surface area (TPSA) is 81.5 Å². The van der Waals surface area contributed by atoms with Crippen LogP contribution in [0.25, 0.3) is 11.3 Å². The number of rotatable bonds is 6. The summed E-state index contributed by atoms with van der Waals surface area (Å²) in [5.74, 6) is 3.92. The summed E-state index contributed by atoms with van der Waals surface area (Å²) >= 11 is 0. The van der Waals surface area contributed by atoms with Crippen LogP contribution in [-0.4, -0.2) is 57.6 Å². The van der Waals surface area contributed by atoms with Gasteiger partial charge in [-0.1, -0.05) is 5.92 Å². The Morgan fingerprint density at radius 2 is 2.07 bits per heavy atom. The highest BCUT2D eigenvalue weighted by Gasteiger charge is 2.29. The number of β-amino-alcohol motifs (C(OH)–C–C–N with tert-alkyl or cyclic N) is 1. The highest BCUT2D eigenvalue weighted by atomic mass is 16.3. The highest BCUT2D eigenvalue weighted by molar-refractivity contribution is 5.72. The molecule has 1 aliphatic heterocycles. The molecule has 6 nitrogen and oxygen atoms in total. The molecule has 1 saturated carbocycles. The lowest BCUT2D eigenvalue weighted by Crippen LogP contribution is -2.43. The average molecular weight is 378 g/mol. The number of nitrogens with zero attached hydrogens (tertiary/aromatic N) is 3. The molecule has 1 saturated heterocycles. The van der Waals surface area contributed by atoms with E-state index in [4.69, 9.17) is 6.42 Å². The number of phenolic OH excluding ortho intramolecular Hbond substituents is 1. The maximum atomic E-state index is 10.4. The Hall–Kier alpha value is -2.62. The van der Waals surface area contributed by atoms with E-state index < -0.39 is 0 Å². The molecule has 1 atom stereocenters. The number of aromatic hydroxyl groups is 1. The molecule has 28 heavy (non-hydrogen) atoms. The molecular formula is C22H26N4O2. The molecule has 0 spiro atoms. The third kappa shape index (κ3) is 4.11. The van der Waals surface area contributed by atoms with Gasteiger partial charge in [0.25, 0.3) is 0 Å². The molecule has 2 aromatic rings. The van der Waals surface area contributed by atoms with E-state index in [1.54, 1.807) is 6.07 Å². The maximum absolute atomic E-state index is 10.4.